The summed E-state index contributed by atoms with van der Waals surface area (Å²) in [5.74, 6) is -0.124. The van der Waals surface area contributed by atoms with Crippen molar-refractivity contribution in [3.8, 4) is 11.5 Å². The molecule has 2 aliphatic rings. The van der Waals surface area contributed by atoms with Crippen molar-refractivity contribution >= 4 is 11.9 Å². The fourth-order valence-electron chi connectivity index (χ4n) is 5.27. The van der Waals surface area contributed by atoms with Gasteiger partial charge in [0.05, 0.1) is 5.60 Å². The van der Waals surface area contributed by atoms with E-state index in [2.05, 4.69) is 6.92 Å². The zero-order valence-electron chi connectivity index (χ0n) is 19.6. The summed E-state index contributed by atoms with van der Waals surface area (Å²) in [6, 6.07) is 3.92. The molecule has 31 heavy (non-hydrogen) atoms. The van der Waals surface area contributed by atoms with Crippen molar-refractivity contribution in [3.05, 3.63) is 23.3 Å². The minimum Gasteiger partial charge on any atom is -0.487 e. The van der Waals surface area contributed by atoms with Crippen LogP contribution in [0.1, 0.15) is 90.7 Å². The number of hydrogen-bond donors (Lipinski definition) is 1. The number of rotatable bonds is 6. The summed E-state index contributed by atoms with van der Waals surface area (Å²) in [7, 11) is 0. The van der Waals surface area contributed by atoms with Gasteiger partial charge in [0.15, 0.2) is 0 Å². The van der Waals surface area contributed by atoms with Gasteiger partial charge in [0.1, 0.15) is 23.2 Å². The molecule has 0 saturated heterocycles. The van der Waals surface area contributed by atoms with E-state index in [0.29, 0.717) is 29.9 Å². The zero-order valence-corrected chi connectivity index (χ0v) is 19.6. The van der Waals surface area contributed by atoms with E-state index in [1.54, 1.807) is 6.92 Å². The van der Waals surface area contributed by atoms with E-state index >= 15 is 0 Å². The highest BCUT2D eigenvalue weighted by atomic mass is 16.6. The van der Waals surface area contributed by atoms with Gasteiger partial charge in [-0.25, -0.2) is 0 Å². The SMILES string of the molecule is CCCCCc1cc(OC(C)=O)c2c(c1)OC(C)(C)[C@@H]1CC[C@@](C)(O)[C@H](OC(C)=O)[C@@H]21. The van der Waals surface area contributed by atoms with Crippen molar-refractivity contribution in [2.24, 2.45) is 5.92 Å². The summed E-state index contributed by atoms with van der Waals surface area (Å²) in [5, 5.41) is 11.2. The number of unbranched alkanes of at least 4 members (excludes halogenated alkanes) is 2. The summed E-state index contributed by atoms with van der Waals surface area (Å²) in [6.45, 7) is 10.7. The largest absolute Gasteiger partial charge is 0.487 e. The molecule has 6 nitrogen and oxygen atoms in total. The highest BCUT2D eigenvalue weighted by Gasteiger charge is 2.57. The number of ether oxygens (including phenoxy) is 3. The normalized spacial score (nSPS) is 28.7. The molecule has 1 heterocycles. The standard InChI is InChI=1S/C25H36O6/c1-7-8-9-10-17-13-19(29-15(2)26)22-20(14-17)31-24(4,5)18-11-12-25(6,28)23(21(18)22)30-16(3)27/h13-14,18,21,23,28H,7-12H2,1-6H3/t18-,21-,23-,25-/m1/s1. The molecule has 1 aromatic carbocycles. The second-order valence-electron chi connectivity index (χ2n) is 9.82. The summed E-state index contributed by atoms with van der Waals surface area (Å²) >= 11 is 0. The Bertz CT molecular complexity index is 841. The highest BCUT2D eigenvalue weighted by molar-refractivity contribution is 5.71. The van der Waals surface area contributed by atoms with E-state index in [-0.39, 0.29) is 11.8 Å². The molecule has 0 radical (unpaired) electrons. The highest BCUT2D eigenvalue weighted by Crippen LogP contribution is 2.57. The van der Waals surface area contributed by atoms with Gasteiger partial charge in [-0.2, -0.15) is 0 Å². The minimum absolute atomic E-state index is 0.00942. The van der Waals surface area contributed by atoms with Crippen molar-refractivity contribution < 1.29 is 28.9 Å². The van der Waals surface area contributed by atoms with Gasteiger partial charge >= 0.3 is 11.9 Å². The van der Waals surface area contributed by atoms with Gasteiger partial charge in [0, 0.05) is 31.2 Å². The Balaban J connectivity index is 2.17. The average Bonchev–Trinajstić information content (AvgIpc) is 2.62. The van der Waals surface area contributed by atoms with Crippen LogP contribution in [0.2, 0.25) is 0 Å². The third-order valence-corrected chi connectivity index (χ3v) is 6.71. The molecule has 6 heteroatoms. The quantitative estimate of drug-likeness (QED) is 0.399. The van der Waals surface area contributed by atoms with Crippen LogP contribution >= 0.6 is 0 Å². The molecule has 1 fully saturated rings. The zero-order chi connectivity index (χ0) is 23.0. The Kier molecular flexibility index (Phi) is 6.70. The summed E-state index contributed by atoms with van der Waals surface area (Å²) in [4.78, 5) is 23.9. The third-order valence-electron chi connectivity index (χ3n) is 6.71. The molecule has 0 unspecified atom stereocenters. The summed E-state index contributed by atoms with van der Waals surface area (Å²) in [5.41, 5.74) is 0.0433. The maximum absolute atomic E-state index is 12.0. The molecule has 1 aliphatic carbocycles. The molecule has 172 valence electrons. The lowest BCUT2D eigenvalue weighted by atomic mass is 9.61. The molecule has 1 aromatic rings. The van der Waals surface area contributed by atoms with Gasteiger partial charge in [-0.1, -0.05) is 19.8 Å². The van der Waals surface area contributed by atoms with Crippen molar-refractivity contribution in [2.45, 2.75) is 103 Å². The second kappa shape index (κ2) is 8.81. The number of hydrogen-bond acceptors (Lipinski definition) is 6. The number of carbonyl (C=O) groups is 2. The lowest BCUT2D eigenvalue weighted by Gasteiger charge is -2.53. The number of aliphatic hydroxyl groups is 1. The van der Waals surface area contributed by atoms with Gasteiger partial charge in [-0.15, -0.1) is 0 Å². The Labute approximate surface area is 185 Å². The first-order chi connectivity index (χ1) is 14.5. The third kappa shape index (κ3) is 4.89. The Hall–Kier alpha value is -2.08. The first kappa shape index (κ1) is 23.6. The monoisotopic (exact) mass is 432 g/mol. The first-order valence-corrected chi connectivity index (χ1v) is 11.4. The average molecular weight is 433 g/mol. The number of esters is 2. The van der Waals surface area contributed by atoms with Crippen molar-refractivity contribution in [1.82, 2.24) is 0 Å². The molecule has 0 amide bonds. The number of aryl methyl sites for hydroxylation is 1. The molecule has 1 saturated carbocycles. The van der Waals surface area contributed by atoms with Crippen molar-refractivity contribution in [3.63, 3.8) is 0 Å². The summed E-state index contributed by atoms with van der Waals surface area (Å²) < 4.78 is 17.8. The van der Waals surface area contributed by atoms with Gasteiger partial charge in [0.2, 0.25) is 0 Å². The van der Waals surface area contributed by atoms with Crippen LogP contribution < -0.4 is 9.47 Å². The number of carbonyl (C=O) groups excluding carboxylic acids is 2. The van der Waals surface area contributed by atoms with Gasteiger partial charge < -0.3 is 19.3 Å². The molecule has 1 aliphatic heterocycles. The first-order valence-electron chi connectivity index (χ1n) is 11.4. The molecule has 4 atom stereocenters. The molecular weight excluding hydrogens is 396 g/mol. The van der Waals surface area contributed by atoms with Crippen molar-refractivity contribution in [2.75, 3.05) is 0 Å². The second-order valence-corrected chi connectivity index (χ2v) is 9.82. The molecule has 1 N–H and O–H groups in total. The lowest BCUT2D eigenvalue weighted by molar-refractivity contribution is -0.184. The molecule has 0 aromatic heterocycles. The van der Waals surface area contributed by atoms with Crippen LogP contribution in [0.25, 0.3) is 0 Å². The van der Waals surface area contributed by atoms with Gasteiger partial charge in [-0.05, 0) is 64.2 Å². The fourth-order valence-corrected chi connectivity index (χ4v) is 5.27. The van der Waals surface area contributed by atoms with Gasteiger partial charge in [-0.3, -0.25) is 9.59 Å². The topological polar surface area (TPSA) is 82.1 Å². The minimum atomic E-state index is -1.19. The molecule has 3 rings (SSSR count). The van der Waals surface area contributed by atoms with E-state index in [1.165, 1.54) is 13.8 Å². The Morgan fingerprint density at radius 1 is 1.16 bits per heavy atom. The van der Waals surface area contributed by atoms with Crippen LogP contribution in [0, 0.1) is 5.92 Å². The molecule has 0 bridgehead atoms. The van der Waals surface area contributed by atoms with Crippen LogP contribution in [-0.2, 0) is 20.7 Å². The van der Waals surface area contributed by atoms with E-state index in [1.807, 2.05) is 26.0 Å². The van der Waals surface area contributed by atoms with Crippen LogP contribution in [0.5, 0.6) is 11.5 Å². The predicted octanol–water partition coefficient (Wildman–Crippen LogP) is 4.69. The van der Waals surface area contributed by atoms with Crippen LogP contribution in [0.4, 0.5) is 0 Å². The van der Waals surface area contributed by atoms with Crippen LogP contribution in [-0.4, -0.2) is 34.4 Å². The Morgan fingerprint density at radius 3 is 2.48 bits per heavy atom. The van der Waals surface area contributed by atoms with Crippen LogP contribution in [0.15, 0.2) is 12.1 Å². The van der Waals surface area contributed by atoms with E-state index in [4.69, 9.17) is 14.2 Å². The lowest BCUT2D eigenvalue weighted by Crippen LogP contribution is -2.58. The van der Waals surface area contributed by atoms with Crippen LogP contribution in [0.3, 0.4) is 0 Å². The maximum atomic E-state index is 12.0. The maximum Gasteiger partial charge on any atom is 0.308 e. The van der Waals surface area contributed by atoms with Crippen molar-refractivity contribution in [1.29, 1.82) is 0 Å². The number of benzene rings is 1. The van der Waals surface area contributed by atoms with Gasteiger partial charge in [0.25, 0.3) is 0 Å². The smallest absolute Gasteiger partial charge is 0.308 e. The van der Waals surface area contributed by atoms with E-state index in [9.17, 15) is 14.7 Å². The molecule has 0 spiro atoms. The fraction of sp³-hybridized carbons (Fsp3) is 0.680. The van der Waals surface area contributed by atoms with E-state index < -0.39 is 29.2 Å². The molecular formula is C25H36O6. The summed E-state index contributed by atoms with van der Waals surface area (Å²) in [6.07, 6.45) is 4.58. The Morgan fingerprint density at radius 2 is 1.87 bits per heavy atom. The van der Waals surface area contributed by atoms with E-state index in [0.717, 1.165) is 31.2 Å². The predicted molar refractivity (Wildman–Crippen MR) is 117 cm³/mol. The number of fused-ring (bicyclic) bond motifs is 3.